The van der Waals surface area contributed by atoms with Crippen LogP contribution in [-0.4, -0.2) is 37.1 Å². The van der Waals surface area contributed by atoms with Crippen molar-refractivity contribution in [1.29, 1.82) is 0 Å². The summed E-state index contributed by atoms with van der Waals surface area (Å²) in [6, 6.07) is 5.22. The minimum atomic E-state index is -0.376. The third-order valence-electron chi connectivity index (χ3n) is 2.55. The molecule has 0 unspecified atom stereocenters. The molecule has 6 heteroatoms. The van der Waals surface area contributed by atoms with Gasteiger partial charge in [-0.1, -0.05) is 6.07 Å². The number of halogens is 1. The van der Waals surface area contributed by atoms with E-state index in [2.05, 4.69) is 20.8 Å². The molecule has 0 bridgehead atoms. The molecular formula is C12H17BrN2O3. The van der Waals surface area contributed by atoms with Crippen molar-refractivity contribution in [3.8, 4) is 0 Å². The lowest BCUT2D eigenvalue weighted by Gasteiger charge is -2.16. The first-order valence-corrected chi connectivity index (χ1v) is 6.44. The summed E-state index contributed by atoms with van der Waals surface area (Å²) in [5.41, 5.74) is 1.04. The van der Waals surface area contributed by atoms with Crippen LogP contribution in [-0.2, 0) is 11.3 Å². The van der Waals surface area contributed by atoms with Gasteiger partial charge in [0.05, 0.1) is 9.40 Å². The van der Waals surface area contributed by atoms with Crippen molar-refractivity contribution in [1.82, 2.24) is 4.90 Å². The molecule has 0 atom stereocenters. The van der Waals surface area contributed by atoms with Gasteiger partial charge in [0.1, 0.15) is 0 Å². The van der Waals surface area contributed by atoms with E-state index in [0.29, 0.717) is 11.0 Å². The topological polar surface area (TPSA) is 55.6 Å². The number of hydrogen-bond acceptors (Lipinski definition) is 4. The van der Waals surface area contributed by atoms with Crippen LogP contribution >= 0.6 is 15.9 Å². The second-order valence-electron chi connectivity index (χ2n) is 4.13. The van der Waals surface area contributed by atoms with Crippen molar-refractivity contribution >= 4 is 21.6 Å². The van der Waals surface area contributed by atoms with E-state index in [4.69, 9.17) is 4.74 Å². The first-order chi connectivity index (χ1) is 8.54. The highest BCUT2D eigenvalue weighted by atomic mass is 79.9. The Kier molecular flexibility index (Phi) is 6.24. The fraction of sp³-hybridized carbons (Fsp3) is 0.500. The minimum Gasteiger partial charge on any atom is -0.385 e. The Balaban J connectivity index is 2.62. The van der Waals surface area contributed by atoms with E-state index in [-0.39, 0.29) is 10.6 Å². The molecule has 0 aliphatic rings. The van der Waals surface area contributed by atoms with Gasteiger partial charge >= 0.3 is 0 Å². The molecule has 1 aromatic rings. The zero-order chi connectivity index (χ0) is 13.5. The fourth-order valence-corrected chi connectivity index (χ4v) is 2.06. The molecule has 1 aromatic carbocycles. The van der Waals surface area contributed by atoms with E-state index in [1.807, 2.05) is 13.1 Å². The molecule has 0 spiro atoms. The summed E-state index contributed by atoms with van der Waals surface area (Å²) in [6.07, 6.45) is 0.950. The average Bonchev–Trinajstić information content (AvgIpc) is 2.31. The first kappa shape index (κ1) is 15.1. The van der Waals surface area contributed by atoms with Gasteiger partial charge in [-0.3, -0.25) is 10.1 Å². The second-order valence-corrected chi connectivity index (χ2v) is 4.98. The van der Waals surface area contributed by atoms with Crippen LogP contribution in [0.5, 0.6) is 0 Å². The zero-order valence-corrected chi connectivity index (χ0v) is 12.1. The molecule has 0 aromatic heterocycles. The molecule has 5 nitrogen and oxygen atoms in total. The SMILES string of the molecule is COCCCN(C)Cc1ccc(Br)c([N+](=O)[O-])c1. The smallest absolute Gasteiger partial charge is 0.283 e. The monoisotopic (exact) mass is 316 g/mol. The normalized spacial score (nSPS) is 10.9. The molecule has 0 aliphatic heterocycles. The number of ether oxygens (including phenoxy) is 1. The number of methoxy groups -OCH3 is 1. The van der Waals surface area contributed by atoms with Gasteiger partial charge in [0.15, 0.2) is 0 Å². The lowest BCUT2D eigenvalue weighted by molar-refractivity contribution is -0.385. The Morgan fingerprint density at radius 3 is 2.83 bits per heavy atom. The van der Waals surface area contributed by atoms with Crippen LogP contribution in [0.25, 0.3) is 0 Å². The highest BCUT2D eigenvalue weighted by molar-refractivity contribution is 9.10. The third-order valence-corrected chi connectivity index (χ3v) is 3.22. The van der Waals surface area contributed by atoms with E-state index in [0.717, 1.165) is 25.1 Å². The number of nitro benzene ring substituents is 1. The highest BCUT2D eigenvalue weighted by Crippen LogP contribution is 2.25. The van der Waals surface area contributed by atoms with Gasteiger partial charge in [-0.25, -0.2) is 0 Å². The molecule has 0 aliphatic carbocycles. The third kappa shape index (κ3) is 4.72. The number of nitrogens with zero attached hydrogens (tertiary/aromatic N) is 2. The molecule has 100 valence electrons. The van der Waals surface area contributed by atoms with Crippen molar-refractivity contribution < 1.29 is 9.66 Å². The van der Waals surface area contributed by atoms with Gasteiger partial charge in [0.25, 0.3) is 5.69 Å². The first-order valence-electron chi connectivity index (χ1n) is 5.65. The van der Waals surface area contributed by atoms with Gasteiger partial charge in [0.2, 0.25) is 0 Å². The number of rotatable bonds is 7. The molecular weight excluding hydrogens is 300 g/mol. The molecule has 0 fully saturated rings. The van der Waals surface area contributed by atoms with E-state index in [1.165, 1.54) is 0 Å². The van der Waals surface area contributed by atoms with Crippen LogP contribution in [0.1, 0.15) is 12.0 Å². The number of hydrogen-bond donors (Lipinski definition) is 0. The predicted molar refractivity (Wildman–Crippen MR) is 73.6 cm³/mol. The van der Waals surface area contributed by atoms with Crippen molar-refractivity contribution in [3.63, 3.8) is 0 Å². The summed E-state index contributed by atoms with van der Waals surface area (Å²) in [4.78, 5) is 12.6. The summed E-state index contributed by atoms with van der Waals surface area (Å²) >= 11 is 3.18. The lowest BCUT2D eigenvalue weighted by atomic mass is 10.2. The maximum absolute atomic E-state index is 10.8. The van der Waals surface area contributed by atoms with E-state index < -0.39 is 0 Å². The Bertz CT molecular complexity index is 412. The molecule has 0 saturated heterocycles. The summed E-state index contributed by atoms with van der Waals surface area (Å²) in [7, 11) is 3.67. The summed E-state index contributed by atoms with van der Waals surface area (Å²) in [5.74, 6) is 0. The summed E-state index contributed by atoms with van der Waals surface area (Å²) in [6.45, 7) is 2.32. The maximum atomic E-state index is 10.8. The molecule has 18 heavy (non-hydrogen) atoms. The molecule has 0 heterocycles. The Morgan fingerprint density at radius 2 is 2.22 bits per heavy atom. The van der Waals surface area contributed by atoms with Crippen LogP contribution in [0.15, 0.2) is 22.7 Å². The Hall–Kier alpha value is -0.980. The highest BCUT2D eigenvalue weighted by Gasteiger charge is 2.12. The summed E-state index contributed by atoms with van der Waals surface area (Å²) in [5, 5.41) is 10.8. The average molecular weight is 317 g/mol. The van der Waals surface area contributed by atoms with Crippen molar-refractivity contribution in [3.05, 3.63) is 38.3 Å². The predicted octanol–water partition coefficient (Wildman–Crippen LogP) is 2.83. The minimum absolute atomic E-state index is 0.109. The molecule has 0 radical (unpaired) electrons. The van der Waals surface area contributed by atoms with E-state index >= 15 is 0 Å². The van der Waals surface area contributed by atoms with Crippen LogP contribution < -0.4 is 0 Å². The molecule has 0 saturated carbocycles. The van der Waals surface area contributed by atoms with Gasteiger partial charge in [-0.2, -0.15) is 0 Å². The molecule has 1 rings (SSSR count). The van der Waals surface area contributed by atoms with Crippen LogP contribution in [0.4, 0.5) is 5.69 Å². The standard InChI is InChI=1S/C12H17BrN2O3/c1-14(6-3-7-18-2)9-10-4-5-11(13)12(8-10)15(16)17/h4-5,8H,3,6-7,9H2,1-2H3. The van der Waals surface area contributed by atoms with Crippen molar-refractivity contribution in [2.75, 3.05) is 27.3 Å². The summed E-state index contributed by atoms with van der Waals surface area (Å²) < 4.78 is 5.50. The maximum Gasteiger partial charge on any atom is 0.283 e. The second kappa shape index (κ2) is 7.45. The Labute approximate surface area is 115 Å². The van der Waals surface area contributed by atoms with Crippen molar-refractivity contribution in [2.24, 2.45) is 0 Å². The van der Waals surface area contributed by atoms with Crippen LogP contribution in [0.3, 0.4) is 0 Å². The molecule has 0 N–H and O–H groups in total. The van der Waals surface area contributed by atoms with Gasteiger partial charge in [-0.05, 0) is 41.0 Å². The fourth-order valence-electron chi connectivity index (χ4n) is 1.67. The van der Waals surface area contributed by atoms with E-state index in [9.17, 15) is 10.1 Å². The molecule has 0 amide bonds. The van der Waals surface area contributed by atoms with Crippen LogP contribution in [0.2, 0.25) is 0 Å². The van der Waals surface area contributed by atoms with Gasteiger partial charge < -0.3 is 9.64 Å². The quantitative estimate of drug-likeness (QED) is 0.441. The number of benzene rings is 1. The van der Waals surface area contributed by atoms with E-state index in [1.54, 1.807) is 19.2 Å². The zero-order valence-electron chi connectivity index (χ0n) is 10.6. The lowest BCUT2D eigenvalue weighted by Crippen LogP contribution is -2.20. The number of nitro groups is 1. The van der Waals surface area contributed by atoms with Crippen molar-refractivity contribution in [2.45, 2.75) is 13.0 Å². The van der Waals surface area contributed by atoms with Gasteiger partial charge in [0, 0.05) is 32.9 Å². The Morgan fingerprint density at radius 1 is 1.50 bits per heavy atom. The largest absolute Gasteiger partial charge is 0.385 e. The van der Waals surface area contributed by atoms with Crippen LogP contribution in [0, 0.1) is 10.1 Å². The van der Waals surface area contributed by atoms with Gasteiger partial charge in [-0.15, -0.1) is 0 Å².